The number of imidazole rings is 1. The van der Waals surface area contributed by atoms with Crippen molar-refractivity contribution in [3.8, 4) is 0 Å². The molecule has 0 amide bonds. The lowest BCUT2D eigenvalue weighted by molar-refractivity contribution is 0.585. The van der Waals surface area contributed by atoms with E-state index >= 15 is 0 Å². The standard InChI is InChI=1S/C8H13N3O2S/c12-14(13,7-3-1-2-4-7)11-8-9-5-6-10-8/h5-7H,1-4H2,(H2,9,10,11). The molecule has 0 aromatic carbocycles. The summed E-state index contributed by atoms with van der Waals surface area (Å²) in [6, 6.07) is 0. The molecular weight excluding hydrogens is 202 g/mol. The largest absolute Gasteiger partial charge is 0.330 e. The third-order valence-corrected chi connectivity index (χ3v) is 4.31. The smallest absolute Gasteiger partial charge is 0.237 e. The van der Waals surface area contributed by atoms with Crippen molar-refractivity contribution in [2.24, 2.45) is 0 Å². The first-order chi connectivity index (χ1) is 6.68. The molecule has 0 saturated heterocycles. The Morgan fingerprint density at radius 2 is 2.14 bits per heavy atom. The number of anilines is 1. The molecule has 0 unspecified atom stereocenters. The lowest BCUT2D eigenvalue weighted by atomic mass is 10.4. The van der Waals surface area contributed by atoms with Gasteiger partial charge in [0.2, 0.25) is 16.0 Å². The minimum atomic E-state index is -3.23. The Morgan fingerprint density at radius 3 is 2.71 bits per heavy atom. The van der Waals surface area contributed by atoms with E-state index in [2.05, 4.69) is 14.7 Å². The maximum atomic E-state index is 11.7. The van der Waals surface area contributed by atoms with Gasteiger partial charge in [0, 0.05) is 12.4 Å². The van der Waals surface area contributed by atoms with Crippen LogP contribution in [0.2, 0.25) is 0 Å². The van der Waals surface area contributed by atoms with Crippen LogP contribution in [0.25, 0.3) is 0 Å². The van der Waals surface area contributed by atoms with Crippen LogP contribution in [0.3, 0.4) is 0 Å². The van der Waals surface area contributed by atoms with Crippen molar-refractivity contribution >= 4 is 16.0 Å². The Labute approximate surface area is 83.0 Å². The third-order valence-electron chi connectivity index (χ3n) is 2.48. The molecule has 0 aliphatic heterocycles. The van der Waals surface area contributed by atoms with Gasteiger partial charge in [0.25, 0.3) is 0 Å². The number of hydrogen-bond acceptors (Lipinski definition) is 3. The highest BCUT2D eigenvalue weighted by Gasteiger charge is 2.28. The number of aromatic nitrogens is 2. The molecule has 2 N–H and O–H groups in total. The van der Waals surface area contributed by atoms with Gasteiger partial charge < -0.3 is 4.98 Å². The SMILES string of the molecule is O=S(=O)(Nc1ncc[nH]1)C1CCCC1. The number of H-pyrrole nitrogens is 1. The summed E-state index contributed by atoms with van der Waals surface area (Å²) in [7, 11) is -3.23. The molecule has 1 aliphatic rings. The first-order valence-corrected chi connectivity index (χ1v) is 6.24. The van der Waals surface area contributed by atoms with Crippen LogP contribution in [0.5, 0.6) is 0 Å². The molecule has 1 aromatic rings. The quantitative estimate of drug-likeness (QED) is 0.792. The minimum Gasteiger partial charge on any atom is -0.330 e. The van der Waals surface area contributed by atoms with Gasteiger partial charge in [-0.3, -0.25) is 4.72 Å². The third kappa shape index (κ3) is 1.89. The molecule has 1 aromatic heterocycles. The Bertz CT molecular complexity index is 379. The van der Waals surface area contributed by atoms with Crippen molar-refractivity contribution in [3.63, 3.8) is 0 Å². The molecule has 1 fully saturated rings. The van der Waals surface area contributed by atoms with E-state index in [1.807, 2.05) is 0 Å². The fourth-order valence-corrected chi connectivity index (χ4v) is 3.24. The molecule has 5 nitrogen and oxygen atoms in total. The van der Waals surface area contributed by atoms with Crippen molar-refractivity contribution < 1.29 is 8.42 Å². The lowest BCUT2D eigenvalue weighted by Crippen LogP contribution is -2.25. The van der Waals surface area contributed by atoms with Crippen LogP contribution in [0.1, 0.15) is 25.7 Å². The molecule has 0 bridgehead atoms. The summed E-state index contributed by atoms with van der Waals surface area (Å²) >= 11 is 0. The second kappa shape index (κ2) is 3.61. The molecule has 0 radical (unpaired) electrons. The van der Waals surface area contributed by atoms with E-state index in [-0.39, 0.29) is 5.25 Å². The number of aromatic amines is 1. The van der Waals surface area contributed by atoms with Gasteiger partial charge in [0.05, 0.1) is 5.25 Å². The highest BCUT2D eigenvalue weighted by molar-refractivity contribution is 7.93. The Morgan fingerprint density at radius 1 is 1.43 bits per heavy atom. The van der Waals surface area contributed by atoms with Crippen LogP contribution in [0.4, 0.5) is 5.95 Å². The molecule has 14 heavy (non-hydrogen) atoms. The van der Waals surface area contributed by atoms with Gasteiger partial charge in [0.15, 0.2) is 0 Å². The first-order valence-electron chi connectivity index (χ1n) is 4.69. The lowest BCUT2D eigenvalue weighted by Gasteiger charge is -2.10. The van der Waals surface area contributed by atoms with E-state index in [1.54, 1.807) is 6.20 Å². The van der Waals surface area contributed by atoms with Crippen LogP contribution in [-0.2, 0) is 10.0 Å². The maximum Gasteiger partial charge on any atom is 0.237 e. The average molecular weight is 215 g/mol. The molecule has 2 rings (SSSR count). The van der Waals surface area contributed by atoms with Crippen LogP contribution in [0.15, 0.2) is 12.4 Å². The van der Waals surface area contributed by atoms with E-state index in [1.165, 1.54) is 6.20 Å². The van der Waals surface area contributed by atoms with Crippen molar-refractivity contribution in [2.45, 2.75) is 30.9 Å². The Hall–Kier alpha value is -1.04. The predicted molar refractivity (Wildman–Crippen MR) is 53.4 cm³/mol. The van der Waals surface area contributed by atoms with Gasteiger partial charge in [-0.1, -0.05) is 12.8 Å². The predicted octanol–water partition coefficient (Wildman–Crippen LogP) is 1.09. The molecule has 1 saturated carbocycles. The number of hydrogen-bond donors (Lipinski definition) is 2. The van der Waals surface area contributed by atoms with Gasteiger partial charge in [-0.2, -0.15) is 0 Å². The summed E-state index contributed by atoms with van der Waals surface area (Å²) < 4.78 is 25.9. The number of nitrogens with one attached hydrogen (secondary N) is 2. The zero-order chi connectivity index (χ0) is 10.0. The van der Waals surface area contributed by atoms with Crippen molar-refractivity contribution in [1.29, 1.82) is 0 Å². The molecule has 1 heterocycles. The normalized spacial score (nSPS) is 18.6. The Balaban J connectivity index is 2.09. The average Bonchev–Trinajstić information content (AvgIpc) is 2.71. The van der Waals surface area contributed by atoms with Gasteiger partial charge in [0.1, 0.15) is 0 Å². The summed E-state index contributed by atoms with van der Waals surface area (Å²) in [6.45, 7) is 0. The second-order valence-corrected chi connectivity index (χ2v) is 5.45. The highest BCUT2D eigenvalue weighted by Crippen LogP contribution is 2.25. The number of sulfonamides is 1. The van der Waals surface area contributed by atoms with E-state index in [0.717, 1.165) is 25.7 Å². The van der Waals surface area contributed by atoms with Crippen LogP contribution in [-0.4, -0.2) is 23.6 Å². The van der Waals surface area contributed by atoms with Crippen LogP contribution < -0.4 is 4.72 Å². The van der Waals surface area contributed by atoms with E-state index in [0.29, 0.717) is 5.95 Å². The Kier molecular flexibility index (Phi) is 2.45. The van der Waals surface area contributed by atoms with E-state index in [4.69, 9.17) is 0 Å². The molecule has 0 atom stereocenters. The molecule has 6 heteroatoms. The summed E-state index contributed by atoms with van der Waals surface area (Å²) in [4.78, 5) is 6.54. The van der Waals surface area contributed by atoms with Gasteiger partial charge in [-0.25, -0.2) is 13.4 Å². The molecular formula is C8H13N3O2S. The van der Waals surface area contributed by atoms with E-state index in [9.17, 15) is 8.42 Å². The zero-order valence-corrected chi connectivity index (χ0v) is 8.55. The second-order valence-electron chi connectivity index (χ2n) is 3.49. The summed E-state index contributed by atoms with van der Waals surface area (Å²) in [5.41, 5.74) is 0. The van der Waals surface area contributed by atoms with Gasteiger partial charge in [-0.15, -0.1) is 0 Å². The fourth-order valence-electron chi connectivity index (χ4n) is 1.74. The molecule has 1 aliphatic carbocycles. The molecule has 0 spiro atoms. The van der Waals surface area contributed by atoms with Gasteiger partial charge >= 0.3 is 0 Å². The van der Waals surface area contributed by atoms with Crippen molar-refractivity contribution in [2.75, 3.05) is 4.72 Å². The zero-order valence-electron chi connectivity index (χ0n) is 7.73. The summed E-state index contributed by atoms with van der Waals surface area (Å²) in [5, 5.41) is -0.243. The van der Waals surface area contributed by atoms with E-state index < -0.39 is 10.0 Å². The fraction of sp³-hybridized carbons (Fsp3) is 0.625. The first kappa shape index (κ1) is 9.51. The summed E-state index contributed by atoms with van der Waals surface area (Å²) in [6.07, 6.45) is 6.64. The van der Waals surface area contributed by atoms with Crippen LogP contribution >= 0.6 is 0 Å². The molecule has 78 valence electrons. The minimum absolute atomic E-state index is 0.243. The maximum absolute atomic E-state index is 11.7. The van der Waals surface area contributed by atoms with Gasteiger partial charge in [-0.05, 0) is 12.8 Å². The highest BCUT2D eigenvalue weighted by atomic mass is 32.2. The summed E-state index contributed by atoms with van der Waals surface area (Å²) in [5.74, 6) is 0.303. The topological polar surface area (TPSA) is 74.8 Å². The van der Waals surface area contributed by atoms with Crippen LogP contribution in [0, 0.1) is 0 Å². The van der Waals surface area contributed by atoms with Crippen molar-refractivity contribution in [3.05, 3.63) is 12.4 Å². The van der Waals surface area contributed by atoms with Crippen molar-refractivity contribution in [1.82, 2.24) is 9.97 Å². The number of rotatable bonds is 3. The monoisotopic (exact) mass is 215 g/mol. The number of nitrogens with zero attached hydrogens (tertiary/aromatic N) is 1.